The molecule has 2 heteroatoms. The Morgan fingerprint density at radius 1 is 1.57 bits per heavy atom. The molecule has 0 bridgehead atoms. The highest BCUT2D eigenvalue weighted by atomic mass is 16.5. The van der Waals surface area contributed by atoms with Gasteiger partial charge in [-0.2, -0.15) is 0 Å². The Hall–Kier alpha value is -0.520. The molecule has 1 atom stereocenters. The molecule has 1 aliphatic rings. The first kappa shape index (κ1) is 11.6. The minimum absolute atomic E-state index is 0.128. The zero-order chi connectivity index (χ0) is 10.6. The van der Waals surface area contributed by atoms with Gasteiger partial charge in [0.05, 0.1) is 12.1 Å². The monoisotopic (exact) mass is 195 g/mol. The van der Waals surface area contributed by atoms with Gasteiger partial charge in [-0.3, -0.25) is 4.90 Å². The molecule has 0 aromatic rings. The fourth-order valence-electron chi connectivity index (χ4n) is 1.88. The zero-order valence-electron chi connectivity index (χ0n) is 9.55. The predicted octanol–water partition coefficient (Wildman–Crippen LogP) is 1.76. The van der Waals surface area contributed by atoms with E-state index in [1.807, 2.05) is 0 Å². The van der Waals surface area contributed by atoms with E-state index in [-0.39, 0.29) is 5.54 Å². The van der Waals surface area contributed by atoms with Gasteiger partial charge < -0.3 is 4.74 Å². The van der Waals surface area contributed by atoms with Crippen molar-refractivity contribution in [3.05, 3.63) is 0 Å². The standard InChI is InChI=1S/C12H21NO/c1-5-12(3,4)13(6-2)9-11-7-8-14-10-11/h1,11H,6-10H2,2-4H3. The Balaban J connectivity index is 2.50. The van der Waals surface area contributed by atoms with Crippen molar-refractivity contribution in [1.29, 1.82) is 0 Å². The van der Waals surface area contributed by atoms with Gasteiger partial charge in [0.1, 0.15) is 0 Å². The van der Waals surface area contributed by atoms with Gasteiger partial charge in [0.15, 0.2) is 0 Å². The summed E-state index contributed by atoms with van der Waals surface area (Å²) in [6.07, 6.45) is 6.71. The maximum atomic E-state index is 5.53. The second-order valence-corrected chi connectivity index (χ2v) is 4.47. The van der Waals surface area contributed by atoms with Crippen molar-refractivity contribution in [3.63, 3.8) is 0 Å². The number of nitrogens with zero attached hydrogens (tertiary/aromatic N) is 1. The minimum Gasteiger partial charge on any atom is -0.381 e. The summed E-state index contributed by atoms with van der Waals surface area (Å²) in [6.45, 7) is 10.3. The molecule has 0 aliphatic carbocycles. The van der Waals surface area contributed by atoms with E-state index in [4.69, 9.17) is 11.2 Å². The van der Waals surface area contributed by atoms with E-state index >= 15 is 0 Å². The maximum absolute atomic E-state index is 5.53. The van der Waals surface area contributed by atoms with Crippen LogP contribution in [0, 0.1) is 18.3 Å². The van der Waals surface area contributed by atoms with Gasteiger partial charge in [-0.25, -0.2) is 0 Å². The summed E-state index contributed by atoms with van der Waals surface area (Å²) < 4.78 is 5.37. The first-order valence-electron chi connectivity index (χ1n) is 5.40. The van der Waals surface area contributed by atoms with Crippen molar-refractivity contribution in [3.8, 4) is 12.3 Å². The van der Waals surface area contributed by atoms with Crippen LogP contribution in [0.2, 0.25) is 0 Å². The van der Waals surface area contributed by atoms with Gasteiger partial charge in [0.25, 0.3) is 0 Å². The summed E-state index contributed by atoms with van der Waals surface area (Å²) in [6, 6.07) is 0. The van der Waals surface area contributed by atoms with Crippen molar-refractivity contribution in [2.24, 2.45) is 5.92 Å². The van der Waals surface area contributed by atoms with E-state index in [2.05, 4.69) is 31.6 Å². The van der Waals surface area contributed by atoms with Crippen LogP contribution in [-0.4, -0.2) is 36.7 Å². The average molecular weight is 195 g/mol. The lowest BCUT2D eigenvalue weighted by Crippen LogP contribution is -2.45. The summed E-state index contributed by atoms with van der Waals surface area (Å²) in [4.78, 5) is 2.35. The van der Waals surface area contributed by atoms with Crippen LogP contribution < -0.4 is 0 Å². The predicted molar refractivity (Wildman–Crippen MR) is 59.1 cm³/mol. The summed E-state index contributed by atoms with van der Waals surface area (Å²) in [7, 11) is 0. The molecule has 14 heavy (non-hydrogen) atoms. The van der Waals surface area contributed by atoms with Crippen LogP contribution in [0.3, 0.4) is 0 Å². The molecule has 0 radical (unpaired) electrons. The quantitative estimate of drug-likeness (QED) is 0.634. The topological polar surface area (TPSA) is 12.5 Å². The van der Waals surface area contributed by atoms with E-state index in [0.29, 0.717) is 5.92 Å². The Kier molecular flexibility index (Phi) is 3.97. The first-order chi connectivity index (χ1) is 6.60. The molecule has 0 aromatic carbocycles. The van der Waals surface area contributed by atoms with Crippen LogP contribution in [-0.2, 0) is 4.74 Å². The lowest BCUT2D eigenvalue weighted by molar-refractivity contribution is 0.132. The van der Waals surface area contributed by atoms with Crippen molar-refractivity contribution in [1.82, 2.24) is 4.90 Å². The van der Waals surface area contributed by atoms with Crippen LogP contribution in [0.4, 0.5) is 0 Å². The molecule has 1 unspecified atom stereocenters. The molecular formula is C12H21NO. The Morgan fingerprint density at radius 2 is 2.29 bits per heavy atom. The lowest BCUT2D eigenvalue weighted by atomic mass is 10.0. The summed E-state index contributed by atoms with van der Waals surface area (Å²) in [5, 5.41) is 0. The van der Waals surface area contributed by atoms with E-state index in [1.54, 1.807) is 0 Å². The second-order valence-electron chi connectivity index (χ2n) is 4.47. The molecular weight excluding hydrogens is 174 g/mol. The molecule has 0 N–H and O–H groups in total. The molecule has 0 saturated carbocycles. The van der Waals surface area contributed by atoms with Crippen molar-refractivity contribution >= 4 is 0 Å². The SMILES string of the molecule is C#CC(C)(C)N(CC)CC1CCOC1. The molecule has 2 nitrogen and oxygen atoms in total. The third-order valence-electron chi connectivity index (χ3n) is 3.03. The van der Waals surface area contributed by atoms with Gasteiger partial charge in [-0.15, -0.1) is 6.42 Å². The highest BCUT2D eigenvalue weighted by molar-refractivity contribution is 5.08. The Morgan fingerprint density at radius 3 is 2.71 bits per heavy atom. The molecule has 1 fully saturated rings. The number of hydrogen-bond donors (Lipinski definition) is 0. The molecule has 1 heterocycles. The molecule has 1 rings (SSSR count). The van der Waals surface area contributed by atoms with Gasteiger partial charge in [0, 0.05) is 13.2 Å². The molecule has 0 spiro atoms. The summed E-state index contributed by atoms with van der Waals surface area (Å²) >= 11 is 0. The number of ether oxygens (including phenoxy) is 1. The third-order valence-corrected chi connectivity index (χ3v) is 3.03. The second kappa shape index (κ2) is 4.82. The van der Waals surface area contributed by atoms with Crippen molar-refractivity contribution < 1.29 is 4.74 Å². The highest BCUT2D eigenvalue weighted by Gasteiger charge is 2.27. The summed E-state index contributed by atoms with van der Waals surface area (Å²) in [5.74, 6) is 3.52. The van der Waals surface area contributed by atoms with Crippen LogP contribution in [0.15, 0.2) is 0 Å². The lowest BCUT2D eigenvalue weighted by Gasteiger charge is -2.35. The molecule has 0 aromatic heterocycles. The van der Waals surface area contributed by atoms with Gasteiger partial charge in [0.2, 0.25) is 0 Å². The average Bonchev–Trinajstić information content (AvgIpc) is 2.66. The van der Waals surface area contributed by atoms with Crippen LogP contribution in [0.5, 0.6) is 0 Å². The normalized spacial score (nSPS) is 22.6. The first-order valence-corrected chi connectivity index (χ1v) is 5.40. The minimum atomic E-state index is -0.128. The summed E-state index contributed by atoms with van der Waals surface area (Å²) in [5.41, 5.74) is -0.128. The fourth-order valence-corrected chi connectivity index (χ4v) is 1.88. The fraction of sp³-hybridized carbons (Fsp3) is 0.833. The van der Waals surface area contributed by atoms with Crippen LogP contribution >= 0.6 is 0 Å². The molecule has 1 aliphatic heterocycles. The van der Waals surface area contributed by atoms with E-state index < -0.39 is 0 Å². The van der Waals surface area contributed by atoms with E-state index in [1.165, 1.54) is 6.42 Å². The Labute approximate surface area is 87.6 Å². The number of terminal acetylenes is 1. The van der Waals surface area contributed by atoms with E-state index in [0.717, 1.165) is 26.3 Å². The molecule has 80 valence electrons. The highest BCUT2D eigenvalue weighted by Crippen LogP contribution is 2.19. The maximum Gasteiger partial charge on any atom is 0.0766 e. The third kappa shape index (κ3) is 2.73. The number of hydrogen-bond acceptors (Lipinski definition) is 2. The van der Waals surface area contributed by atoms with Crippen molar-refractivity contribution in [2.45, 2.75) is 32.7 Å². The Bertz CT molecular complexity index is 211. The largest absolute Gasteiger partial charge is 0.381 e. The van der Waals surface area contributed by atoms with Crippen LogP contribution in [0.25, 0.3) is 0 Å². The van der Waals surface area contributed by atoms with Crippen molar-refractivity contribution in [2.75, 3.05) is 26.3 Å². The molecule has 0 amide bonds. The van der Waals surface area contributed by atoms with E-state index in [9.17, 15) is 0 Å². The molecule has 1 saturated heterocycles. The number of rotatable bonds is 4. The smallest absolute Gasteiger partial charge is 0.0766 e. The van der Waals surface area contributed by atoms with Gasteiger partial charge in [-0.1, -0.05) is 12.8 Å². The van der Waals surface area contributed by atoms with Gasteiger partial charge >= 0.3 is 0 Å². The van der Waals surface area contributed by atoms with Gasteiger partial charge in [-0.05, 0) is 32.7 Å². The van der Waals surface area contributed by atoms with Crippen LogP contribution in [0.1, 0.15) is 27.2 Å². The zero-order valence-corrected chi connectivity index (χ0v) is 9.55.